The number of benzene rings is 1. The van der Waals surface area contributed by atoms with E-state index in [1.165, 1.54) is 8.61 Å². The Kier molecular flexibility index (Phi) is 3.98. The van der Waals surface area contributed by atoms with Crippen LogP contribution in [-0.2, 0) is 10.2 Å². The first-order chi connectivity index (χ1) is 10.5. The van der Waals surface area contributed by atoms with Crippen molar-refractivity contribution in [2.45, 2.75) is 0 Å². The van der Waals surface area contributed by atoms with E-state index < -0.39 is 10.2 Å². The van der Waals surface area contributed by atoms with Crippen LogP contribution in [-0.4, -0.2) is 67.3 Å². The third-order valence-electron chi connectivity index (χ3n) is 3.79. The maximum atomic E-state index is 12.1. The zero-order valence-corrected chi connectivity index (χ0v) is 13.5. The number of para-hydroxylation sites is 2. The first-order valence-corrected chi connectivity index (χ1v) is 8.52. The molecule has 1 aliphatic heterocycles. The lowest BCUT2D eigenvalue weighted by Crippen LogP contribution is -2.51. The second kappa shape index (κ2) is 5.79. The van der Waals surface area contributed by atoms with Crippen LogP contribution in [0.5, 0.6) is 0 Å². The van der Waals surface area contributed by atoms with Crippen molar-refractivity contribution in [1.82, 2.24) is 18.6 Å². The smallest absolute Gasteiger partial charge is 0.281 e. The van der Waals surface area contributed by atoms with Crippen molar-refractivity contribution in [3.63, 3.8) is 0 Å². The predicted molar refractivity (Wildman–Crippen MR) is 85.9 cm³/mol. The number of hydrogen-bond donors (Lipinski definition) is 0. The second-order valence-electron chi connectivity index (χ2n) is 5.39. The molecule has 1 fully saturated rings. The molecule has 7 nitrogen and oxygen atoms in total. The maximum Gasteiger partial charge on any atom is 0.281 e. The highest BCUT2D eigenvalue weighted by molar-refractivity contribution is 7.86. The van der Waals surface area contributed by atoms with Gasteiger partial charge in [0.15, 0.2) is 0 Å². The Labute approximate surface area is 130 Å². The Bertz CT molecular complexity index is 770. The molecule has 0 saturated carbocycles. The molecule has 118 valence electrons. The Morgan fingerprint density at radius 3 is 2.32 bits per heavy atom. The van der Waals surface area contributed by atoms with Crippen molar-refractivity contribution in [2.75, 3.05) is 45.2 Å². The molecule has 0 unspecified atom stereocenters. The fourth-order valence-corrected chi connectivity index (χ4v) is 3.57. The predicted octanol–water partition coefficient (Wildman–Crippen LogP) is 0.558. The van der Waals surface area contributed by atoms with Crippen LogP contribution in [0.25, 0.3) is 11.0 Å². The van der Waals surface area contributed by atoms with Crippen molar-refractivity contribution < 1.29 is 8.42 Å². The van der Waals surface area contributed by atoms with Gasteiger partial charge in [-0.1, -0.05) is 12.1 Å². The standard InChI is InChI=1S/C14H19N5O2S/c1-17(2)22(20,21)19-9-7-18(8-10-19)14-11-15-12-5-3-4-6-13(12)16-14/h3-6,11H,7-10H2,1-2H3. The summed E-state index contributed by atoms with van der Waals surface area (Å²) < 4.78 is 27.0. The van der Waals surface area contributed by atoms with E-state index in [0.717, 1.165) is 16.9 Å². The van der Waals surface area contributed by atoms with Gasteiger partial charge in [-0.3, -0.25) is 4.98 Å². The largest absolute Gasteiger partial charge is 0.353 e. The van der Waals surface area contributed by atoms with E-state index in [1.807, 2.05) is 24.3 Å². The highest BCUT2D eigenvalue weighted by Crippen LogP contribution is 2.18. The van der Waals surface area contributed by atoms with E-state index in [9.17, 15) is 8.42 Å². The average molecular weight is 321 g/mol. The molecule has 0 atom stereocenters. The molecular formula is C14H19N5O2S. The van der Waals surface area contributed by atoms with Gasteiger partial charge in [0.2, 0.25) is 0 Å². The Morgan fingerprint density at radius 1 is 1.05 bits per heavy atom. The van der Waals surface area contributed by atoms with Gasteiger partial charge in [-0.2, -0.15) is 17.0 Å². The molecule has 1 aromatic heterocycles. The molecule has 1 aromatic carbocycles. The normalized spacial score (nSPS) is 17.3. The lowest BCUT2D eigenvalue weighted by molar-refractivity contribution is 0.355. The molecule has 2 aromatic rings. The van der Waals surface area contributed by atoms with Gasteiger partial charge in [0, 0.05) is 40.3 Å². The zero-order valence-electron chi connectivity index (χ0n) is 12.7. The van der Waals surface area contributed by atoms with Crippen molar-refractivity contribution in [3.05, 3.63) is 30.5 Å². The summed E-state index contributed by atoms with van der Waals surface area (Å²) in [5.41, 5.74) is 1.71. The number of nitrogens with zero attached hydrogens (tertiary/aromatic N) is 5. The van der Waals surface area contributed by atoms with Crippen molar-refractivity contribution >= 4 is 27.1 Å². The second-order valence-corrected chi connectivity index (χ2v) is 7.54. The van der Waals surface area contributed by atoms with Crippen molar-refractivity contribution in [3.8, 4) is 0 Å². The fourth-order valence-electron chi connectivity index (χ4n) is 2.48. The summed E-state index contributed by atoms with van der Waals surface area (Å²) in [7, 11) is -0.232. The first kappa shape index (κ1) is 15.1. The van der Waals surface area contributed by atoms with Crippen LogP contribution in [0, 0.1) is 0 Å². The summed E-state index contributed by atoms with van der Waals surface area (Å²) in [5.74, 6) is 0.792. The van der Waals surface area contributed by atoms with Gasteiger partial charge in [0.05, 0.1) is 17.2 Å². The van der Waals surface area contributed by atoms with Crippen LogP contribution < -0.4 is 4.90 Å². The number of piperazine rings is 1. The van der Waals surface area contributed by atoms with Gasteiger partial charge in [-0.15, -0.1) is 0 Å². The molecule has 22 heavy (non-hydrogen) atoms. The van der Waals surface area contributed by atoms with E-state index in [2.05, 4.69) is 14.9 Å². The van der Waals surface area contributed by atoms with E-state index in [-0.39, 0.29) is 0 Å². The third-order valence-corrected chi connectivity index (χ3v) is 5.73. The minimum absolute atomic E-state index is 0.453. The molecule has 0 bridgehead atoms. The van der Waals surface area contributed by atoms with Crippen molar-refractivity contribution in [2.24, 2.45) is 0 Å². The van der Waals surface area contributed by atoms with E-state index in [0.29, 0.717) is 26.2 Å². The molecule has 0 spiro atoms. The van der Waals surface area contributed by atoms with Crippen LogP contribution >= 0.6 is 0 Å². The lowest BCUT2D eigenvalue weighted by atomic mass is 10.3. The van der Waals surface area contributed by atoms with E-state index in [1.54, 1.807) is 20.3 Å². The third kappa shape index (κ3) is 2.77. The van der Waals surface area contributed by atoms with Crippen LogP contribution in [0.3, 0.4) is 0 Å². The SMILES string of the molecule is CN(C)S(=O)(=O)N1CCN(c2cnc3ccccc3n2)CC1. The Hall–Kier alpha value is -1.77. The van der Waals surface area contributed by atoms with Crippen LogP contribution in [0.15, 0.2) is 30.5 Å². The maximum absolute atomic E-state index is 12.1. The quantitative estimate of drug-likeness (QED) is 0.826. The molecule has 8 heteroatoms. The summed E-state index contributed by atoms with van der Waals surface area (Å²) >= 11 is 0. The summed E-state index contributed by atoms with van der Waals surface area (Å²) in [6.07, 6.45) is 1.75. The van der Waals surface area contributed by atoms with Crippen LogP contribution in [0.4, 0.5) is 5.82 Å². The zero-order chi connectivity index (χ0) is 15.7. The first-order valence-electron chi connectivity index (χ1n) is 7.13. The highest BCUT2D eigenvalue weighted by atomic mass is 32.2. The number of aromatic nitrogens is 2. The summed E-state index contributed by atoms with van der Waals surface area (Å²) in [6, 6.07) is 7.72. The summed E-state index contributed by atoms with van der Waals surface area (Å²) in [6.45, 7) is 2.13. The molecule has 1 aliphatic rings. The molecule has 1 saturated heterocycles. The minimum Gasteiger partial charge on any atom is -0.353 e. The van der Waals surface area contributed by atoms with Crippen molar-refractivity contribution in [1.29, 1.82) is 0 Å². The van der Waals surface area contributed by atoms with Gasteiger partial charge in [0.1, 0.15) is 5.82 Å². The number of hydrogen-bond acceptors (Lipinski definition) is 5. The topological polar surface area (TPSA) is 69.6 Å². The number of rotatable bonds is 3. The van der Waals surface area contributed by atoms with Gasteiger partial charge >= 0.3 is 0 Å². The van der Waals surface area contributed by atoms with Crippen LogP contribution in [0.1, 0.15) is 0 Å². The minimum atomic E-state index is -3.34. The highest BCUT2D eigenvalue weighted by Gasteiger charge is 2.29. The molecule has 2 heterocycles. The monoisotopic (exact) mass is 321 g/mol. The van der Waals surface area contributed by atoms with Gasteiger partial charge in [0.25, 0.3) is 10.2 Å². The fraction of sp³-hybridized carbons (Fsp3) is 0.429. The van der Waals surface area contributed by atoms with Gasteiger partial charge in [-0.25, -0.2) is 4.98 Å². The number of anilines is 1. The summed E-state index contributed by atoms with van der Waals surface area (Å²) in [5, 5.41) is 0. The van der Waals surface area contributed by atoms with E-state index >= 15 is 0 Å². The lowest BCUT2D eigenvalue weighted by Gasteiger charge is -2.35. The molecule has 0 aliphatic carbocycles. The van der Waals surface area contributed by atoms with Crippen LogP contribution in [0.2, 0.25) is 0 Å². The molecule has 0 amide bonds. The average Bonchev–Trinajstić information content (AvgIpc) is 2.54. The summed E-state index contributed by atoms with van der Waals surface area (Å²) in [4.78, 5) is 11.1. The van der Waals surface area contributed by atoms with Gasteiger partial charge < -0.3 is 4.90 Å². The Morgan fingerprint density at radius 2 is 1.68 bits per heavy atom. The Balaban J connectivity index is 1.75. The number of fused-ring (bicyclic) bond motifs is 1. The molecule has 0 radical (unpaired) electrons. The molecular weight excluding hydrogens is 302 g/mol. The van der Waals surface area contributed by atoms with Gasteiger partial charge in [-0.05, 0) is 12.1 Å². The van der Waals surface area contributed by atoms with E-state index in [4.69, 9.17) is 0 Å². The molecule has 3 rings (SSSR count). The molecule has 0 N–H and O–H groups in total.